The summed E-state index contributed by atoms with van der Waals surface area (Å²) in [6, 6.07) is 23.7. The molecule has 1 fully saturated rings. The maximum Gasteiger partial charge on any atom is 0.258 e. The lowest BCUT2D eigenvalue weighted by Gasteiger charge is -2.26. The fourth-order valence-electron chi connectivity index (χ4n) is 4.30. The first-order valence-corrected chi connectivity index (χ1v) is 12.4. The maximum atomic E-state index is 12.9. The molecule has 36 heavy (non-hydrogen) atoms. The van der Waals surface area contributed by atoms with Crippen LogP contribution >= 0.6 is 0 Å². The van der Waals surface area contributed by atoms with Crippen molar-refractivity contribution in [2.45, 2.75) is 26.2 Å². The Balaban J connectivity index is 1.27. The third-order valence-corrected chi connectivity index (χ3v) is 6.27. The molecule has 0 atom stereocenters. The molecule has 7 heteroatoms. The van der Waals surface area contributed by atoms with Crippen LogP contribution in [0.1, 0.15) is 46.9 Å². The van der Waals surface area contributed by atoms with Crippen molar-refractivity contribution in [3.8, 4) is 0 Å². The molecule has 0 unspecified atom stereocenters. The molecule has 1 heterocycles. The molecule has 1 saturated heterocycles. The van der Waals surface area contributed by atoms with E-state index >= 15 is 0 Å². The number of piperidine rings is 1. The minimum atomic E-state index is -0.202. The highest BCUT2D eigenvalue weighted by Gasteiger charge is 2.18. The Morgan fingerprint density at radius 2 is 1.39 bits per heavy atom. The summed E-state index contributed by atoms with van der Waals surface area (Å²) in [7, 11) is 0. The average Bonchev–Trinajstić information content (AvgIpc) is 2.93. The molecule has 7 nitrogen and oxygen atoms in total. The quantitative estimate of drug-likeness (QED) is 0.470. The van der Waals surface area contributed by atoms with Crippen LogP contribution in [0.15, 0.2) is 78.9 Å². The number of nitrogens with zero attached hydrogens (tertiary/aromatic N) is 2. The van der Waals surface area contributed by atoms with Crippen LogP contribution in [0.2, 0.25) is 0 Å². The number of amides is 3. The van der Waals surface area contributed by atoms with E-state index in [-0.39, 0.29) is 24.3 Å². The molecule has 3 amide bonds. The SMILES string of the molecule is CCN(C(=O)c1ccc(NCC(=O)Nc2ccc(C(=O)N3CCCCC3)cc2)cc1)c1ccccc1. The zero-order chi connectivity index (χ0) is 25.3. The Morgan fingerprint density at radius 1 is 0.778 bits per heavy atom. The average molecular weight is 485 g/mol. The van der Waals surface area contributed by atoms with Crippen LogP contribution in [0.4, 0.5) is 17.1 Å². The lowest BCUT2D eigenvalue weighted by molar-refractivity contribution is -0.114. The number of carbonyl (C=O) groups excluding carboxylic acids is 3. The van der Waals surface area contributed by atoms with E-state index < -0.39 is 0 Å². The number of anilines is 3. The van der Waals surface area contributed by atoms with Crippen LogP contribution in [0, 0.1) is 0 Å². The van der Waals surface area contributed by atoms with Gasteiger partial charge in [0.1, 0.15) is 0 Å². The fourth-order valence-corrected chi connectivity index (χ4v) is 4.30. The van der Waals surface area contributed by atoms with E-state index in [0.29, 0.717) is 23.4 Å². The van der Waals surface area contributed by atoms with Gasteiger partial charge in [0.2, 0.25) is 5.91 Å². The van der Waals surface area contributed by atoms with Crippen LogP contribution in [-0.2, 0) is 4.79 Å². The van der Waals surface area contributed by atoms with Gasteiger partial charge in [-0.1, -0.05) is 18.2 Å². The largest absolute Gasteiger partial charge is 0.376 e. The van der Waals surface area contributed by atoms with E-state index in [1.165, 1.54) is 6.42 Å². The van der Waals surface area contributed by atoms with Crippen molar-refractivity contribution in [3.63, 3.8) is 0 Å². The molecule has 2 N–H and O–H groups in total. The van der Waals surface area contributed by atoms with Gasteiger partial charge in [0.05, 0.1) is 6.54 Å². The summed E-state index contributed by atoms with van der Waals surface area (Å²) in [6.45, 7) is 4.20. The molecular formula is C29H32N4O3. The standard InChI is InChI=1S/C29H32N4O3/c1-2-33(26-9-5-3-6-10-26)29(36)23-11-15-24(16-12-23)30-21-27(34)31-25-17-13-22(14-18-25)28(35)32-19-7-4-8-20-32/h3,5-6,9-18,30H,2,4,7-8,19-21H2,1H3,(H,31,34). The lowest BCUT2D eigenvalue weighted by atomic mass is 10.1. The highest BCUT2D eigenvalue weighted by molar-refractivity contribution is 6.06. The van der Waals surface area contributed by atoms with Crippen molar-refractivity contribution in [3.05, 3.63) is 90.0 Å². The molecule has 3 aromatic rings. The molecule has 4 rings (SSSR count). The molecule has 1 aliphatic heterocycles. The van der Waals surface area contributed by atoms with Gasteiger partial charge in [-0.25, -0.2) is 0 Å². The molecule has 0 saturated carbocycles. The van der Waals surface area contributed by atoms with Crippen molar-refractivity contribution in [2.24, 2.45) is 0 Å². The van der Waals surface area contributed by atoms with Crippen molar-refractivity contribution in [1.29, 1.82) is 0 Å². The normalized spacial score (nSPS) is 13.1. The van der Waals surface area contributed by atoms with E-state index in [4.69, 9.17) is 0 Å². The number of rotatable bonds is 8. The Bertz CT molecular complexity index is 1170. The summed E-state index contributed by atoms with van der Waals surface area (Å²) in [5.41, 5.74) is 3.45. The van der Waals surface area contributed by atoms with E-state index in [2.05, 4.69) is 10.6 Å². The Morgan fingerprint density at radius 3 is 2.03 bits per heavy atom. The molecule has 1 aliphatic rings. The van der Waals surface area contributed by atoms with Crippen molar-refractivity contribution in [1.82, 2.24) is 4.90 Å². The van der Waals surface area contributed by atoms with Crippen LogP contribution in [-0.4, -0.2) is 48.8 Å². The molecule has 0 bridgehead atoms. The van der Waals surface area contributed by atoms with Gasteiger partial charge in [0.25, 0.3) is 11.8 Å². The van der Waals surface area contributed by atoms with Crippen molar-refractivity contribution >= 4 is 34.8 Å². The van der Waals surface area contributed by atoms with Gasteiger partial charge in [0, 0.05) is 47.8 Å². The zero-order valence-corrected chi connectivity index (χ0v) is 20.6. The molecule has 0 aliphatic carbocycles. The highest BCUT2D eigenvalue weighted by atomic mass is 16.2. The van der Waals surface area contributed by atoms with Gasteiger partial charge in [-0.2, -0.15) is 0 Å². The summed E-state index contributed by atoms with van der Waals surface area (Å²) in [4.78, 5) is 41.5. The third kappa shape index (κ3) is 6.30. The van der Waals surface area contributed by atoms with Gasteiger partial charge in [-0.15, -0.1) is 0 Å². The monoisotopic (exact) mass is 484 g/mol. The smallest absolute Gasteiger partial charge is 0.258 e. The minimum Gasteiger partial charge on any atom is -0.376 e. The zero-order valence-electron chi connectivity index (χ0n) is 20.6. The van der Waals surface area contributed by atoms with E-state index in [9.17, 15) is 14.4 Å². The number of hydrogen-bond donors (Lipinski definition) is 2. The lowest BCUT2D eigenvalue weighted by Crippen LogP contribution is -2.35. The summed E-state index contributed by atoms with van der Waals surface area (Å²) < 4.78 is 0. The highest BCUT2D eigenvalue weighted by Crippen LogP contribution is 2.19. The predicted octanol–water partition coefficient (Wildman–Crippen LogP) is 5.03. The van der Waals surface area contributed by atoms with Crippen molar-refractivity contribution < 1.29 is 14.4 Å². The first-order chi connectivity index (χ1) is 17.5. The maximum absolute atomic E-state index is 12.9. The molecular weight excluding hydrogens is 452 g/mol. The second-order valence-corrected chi connectivity index (χ2v) is 8.79. The fraction of sp³-hybridized carbons (Fsp3) is 0.276. The second kappa shape index (κ2) is 12.0. The molecule has 0 radical (unpaired) electrons. The molecule has 0 spiro atoms. The summed E-state index contributed by atoms with van der Waals surface area (Å²) in [5.74, 6) is -0.233. The van der Waals surface area contributed by atoms with Crippen LogP contribution in [0.25, 0.3) is 0 Å². The summed E-state index contributed by atoms with van der Waals surface area (Å²) in [6.07, 6.45) is 3.28. The van der Waals surface area contributed by atoms with Gasteiger partial charge in [0.15, 0.2) is 0 Å². The predicted molar refractivity (Wildman–Crippen MR) is 144 cm³/mol. The first kappa shape index (κ1) is 25.0. The Labute approximate surface area is 212 Å². The summed E-state index contributed by atoms with van der Waals surface area (Å²) in [5, 5.41) is 5.92. The van der Waals surface area contributed by atoms with Gasteiger partial charge >= 0.3 is 0 Å². The van der Waals surface area contributed by atoms with Gasteiger partial charge in [-0.05, 0) is 86.8 Å². The van der Waals surface area contributed by atoms with Gasteiger partial charge in [-0.3, -0.25) is 14.4 Å². The number of carbonyl (C=O) groups is 3. The molecule has 0 aromatic heterocycles. The number of nitrogens with one attached hydrogen (secondary N) is 2. The minimum absolute atomic E-state index is 0.0435. The topological polar surface area (TPSA) is 81.8 Å². The Kier molecular flexibility index (Phi) is 8.34. The number of para-hydroxylation sites is 1. The van der Waals surface area contributed by atoms with Crippen LogP contribution < -0.4 is 15.5 Å². The third-order valence-electron chi connectivity index (χ3n) is 6.27. The van der Waals surface area contributed by atoms with Crippen LogP contribution in [0.3, 0.4) is 0 Å². The Hall–Kier alpha value is -4.13. The van der Waals surface area contributed by atoms with E-state index in [1.807, 2.05) is 42.2 Å². The molecule has 3 aromatic carbocycles. The number of benzene rings is 3. The first-order valence-electron chi connectivity index (χ1n) is 12.4. The number of likely N-dealkylation sites (tertiary alicyclic amines) is 1. The molecule has 186 valence electrons. The summed E-state index contributed by atoms with van der Waals surface area (Å²) >= 11 is 0. The van der Waals surface area contributed by atoms with Gasteiger partial charge < -0.3 is 20.4 Å². The van der Waals surface area contributed by atoms with Crippen LogP contribution in [0.5, 0.6) is 0 Å². The van der Waals surface area contributed by atoms with E-state index in [1.54, 1.807) is 53.4 Å². The van der Waals surface area contributed by atoms with E-state index in [0.717, 1.165) is 37.3 Å². The van der Waals surface area contributed by atoms with Crippen molar-refractivity contribution in [2.75, 3.05) is 41.7 Å². The number of hydrogen-bond acceptors (Lipinski definition) is 4. The second-order valence-electron chi connectivity index (χ2n) is 8.79.